The van der Waals surface area contributed by atoms with Crippen LogP contribution >= 0.6 is 0 Å². The second-order valence-electron chi connectivity index (χ2n) is 13.7. The highest BCUT2D eigenvalue weighted by Crippen LogP contribution is 2.42. The molecule has 0 radical (unpaired) electrons. The Morgan fingerprint density at radius 1 is 0.765 bits per heavy atom. The van der Waals surface area contributed by atoms with E-state index < -0.39 is 12.3 Å². The Bertz CT molecular complexity index is 1710. The third-order valence-corrected chi connectivity index (χ3v) is 10.1. The molecule has 2 aliphatic rings. The van der Waals surface area contributed by atoms with Crippen molar-refractivity contribution in [1.82, 2.24) is 15.1 Å². The van der Waals surface area contributed by atoms with Gasteiger partial charge in [0.15, 0.2) is 6.29 Å². The van der Waals surface area contributed by atoms with Crippen LogP contribution in [0.4, 0.5) is 0 Å². The number of carboxylic acid groups (broad SMARTS) is 1. The SMILES string of the molecule is CC1C(CN2CCN(Cc3ccccc3)CC2)OC(c2ccc(-c3ccccc3CNC(=O)CCCC(=O)O)cc2)OC1c1ccc(CO)cc1. The zero-order valence-electron chi connectivity index (χ0n) is 29.3. The molecule has 0 spiro atoms. The summed E-state index contributed by atoms with van der Waals surface area (Å²) >= 11 is 0. The number of nitrogens with one attached hydrogen (secondary N) is 1. The monoisotopic (exact) mass is 691 g/mol. The van der Waals surface area contributed by atoms with Gasteiger partial charge >= 0.3 is 5.97 Å². The second-order valence-corrected chi connectivity index (χ2v) is 13.7. The first-order chi connectivity index (χ1) is 24.9. The van der Waals surface area contributed by atoms with Gasteiger partial charge in [-0.05, 0) is 39.8 Å². The third kappa shape index (κ3) is 9.90. The molecular formula is C42H49N3O6. The lowest BCUT2D eigenvalue weighted by molar-refractivity contribution is -0.276. The van der Waals surface area contributed by atoms with Crippen LogP contribution in [0.2, 0.25) is 0 Å². The topological polar surface area (TPSA) is 112 Å². The molecule has 4 atom stereocenters. The Kier molecular flexibility index (Phi) is 12.6. The average molecular weight is 692 g/mol. The fourth-order valence-electron chi connectivity index (χ4n) is 7.01. The van der Waals surface area contributed by atoms with E-state index in [4.69, 9.17) is 14.6 Å². The van der Waals surface area contributed by atoms with E-state index in [-0.39, 0.29) is 43.5 Å². The highest BCUT2D eigenvalue weighted by atomic mass is 16.7. The fraction of sp³-hybridized carbons (Fsp3) is 0.381. The molecule has 0 aliphatic carbocycles. The van der Waals surface area contributed by atoms with Crippen molar-refractivity contribution in [2.45, 2.75) is 64.4 Å². The van der Waals surface area contributed by atoms with Gasteiger partial charge in [-0.3, -0.25) is 19.4 Å². The minimum atomic E-state index is -0.897. The van der Waals surface area contributed by atoms with Crippen molar-refractivity contribution in [2.75, 3.05) is 32.7 Å². The van der Waals surface area contributed by atoms with Crippen LogP contribution in [0.1, 0.15) is 66.4 Å². The van der Waals surface area contributed by atoms with E-state index >= 15 is 0 Å². The lowest BCUT2D eigenvalue weighted by Crippen LogP contribution is -2.51. The maximum atomic E-state index is 12.3. The van der Waals surface area contributed by atoms with Crippen molar-refractivity contribution in [2.24, 2.45) is 5.92 Å². The fourth-order valence-corrected chi connectivity index (χ4v) is 7.01. The van der Waals surface area contributed by atoms with Gasteiger partial charge in [-0.2, -0.15) is 0 Å². The highest BCUT2D eigenvalue weighted by molar-refractivity contribution is 5.77. The molecule has 3 N–H and O–H groups in total. The zero-order valence-corrected chi connectivity index (χ0v) is 29.3. The standard InChI is InChI=1S/C42H49N3O6/c1-30-38(28-45-24-22-44(23-25-45)27-31-8-3-2-4-9-31)50-42(51-41(30)34-16-14-32(29-46)15-17-34)35-20-18-33(19-21-35)37-11-6-5-10-36(37)26-43-39(47)12-7-13-40(48)49/h2-6,8-11,14-21,30,38,41-42,46H,7,12-13,22-29H2,1H3,(H,43,47)(H,48,49). The number of aliphatic hydroxyl groups excluding tert-OH is 1. The molecule has 2 heterocycles. The lowest BCUT2D eigenvalue weighted by Gasteiger charge is -2.44. The molecule has 4 unspecified atom stereocenters. The third-order valence-electron chi connectivity index (χ3n) is 10.1. The number of hydrogen-bond acceptors (Lipinski definition) is 7. The van der Waals surface area contributed by atoms with Gasteiger partial charge < -0.3 is 25.0 Å². The highest BCUT2D eigenvalue weighted by Gasteiger charge is 2.39. The van der Waals surface area contributed by atoms with Crippen molar-refractivity contribution < 1.29 is 29.3 Å². The van der Waals surface area contributed by atoms with E-state index in [1.807, 2.05) is 36.4 Å². The first kappa shape index (κ1) is 36.4. The Labute approximate surface area is 300 Å². The van der Waals surface area contributed by atoms with Crippen LogP contribution in [0.15, 0.2) is 103 Å². The molecule has 2 saturated heterocycles. The number of nitrogens with zero attached hydrogens (tertiary/aromatic N) is 2. The number of carboxylic acids is 1. The number of piperazine rings is 1. The van der Waals surface area contributed by atoms with Crippen molar-refractivity contribution in [3.63, 3.8) is 0 Å². The van der Waals surface area contributed by atoms with Crippen LogP contribution in [-0.2, 0) is 38.8 Å². The molecular weight excluding hydrogens is 642 g/mol. The second kappa shape index (κ2) is 17.7. The van der Waals surface area contributed by atoms with Crippen molar-refractivity contribution in [3.8, 4) is 11.1 Å². The molecule has 0 bridgehead atoms. The molecule has 268 valence electrons. The number of aliphatic hydroxyl groups is 1. The molecule has 4 aromatic rings. The van der Waals surface area contributed by atoms with Gasteiger partial charge in [-0.15, -0.1) is 0 Å². The van der Waals surface area contributed by atoms with E-state index in [1.165, 1.54) is 5.56 Å². The van der Waals surface area contributed by atoms with E-state index in [2.05, 4.69) is 88.8 Å². The molecule has 51 heavy (non-hydrogen) atoms. The number of benzene rings is 4. The van der Waals surface area contributed by atoms with Gasteiger partial charge in [-0.25, -0.2) is 0 Å². The Balaban J connectivity index is 1.14. The molecule has 0 aromatic heterocycles. The van der Waals surface area contributed by atoms with E-state index in [1.54, 1.807) is 0 Å². The number of hydrogen-bond donors (Lipinski definition) is 3. The van der Waals surface area contributed by atoms with Crippen LogP contribution in [0, 0.1) is 5.92 Å². The van der Waals surface area contributed by atoms with Crippen LogP contribution in [-0.4, -0.2) is 70.7 Å². The maximum absolute atomic E-state index is 12.3. The first-order valence-electron chi connectivity index (χ1n) is 18.0. The number of aliphatic carboxylic acids is 1. The number of carbonyl (C=O) groups excluding carboxylic acids is 1. The quantitative estimate of drug-likeness (QED) is 0.141. The summed E-state index contributed by atoms with van der Waals surface area (Å²) in [6, 6.07) is 34.9. The molecule has 9 nitrogen and oxygen atoms in total. The van der Waals surface area contributed by atoms with Gasteiger partial charge in [0.1, 0.15) is 0 Å². The van der Waals surface area contributed by atoms with E-state index in [0.29, 0.717) is 13.0 Å². The minimum absolute atomic E-state index is 0.000604. The summed E-state index contributed by atoms with van der Waals surface area (Å²) < 4.78 is 13.5. The minimum Gasteiger partial charge on any atom is -0.481 e. The molecule has 2 fully saturated rings. The predicted molar refractivity (Wildman–Crippen MR) is 196 cm³/mol. The Morgan fingerprint density at radius 2 is 1.43 bits per heavy atom. The van der Waals surface area contributed by atoms with Gasteiger partial charge in [0.05, 0.1) is 18.8 Å². The van der Waals surface area contributed by atoms with Crippen molar-refractivity contribution >= 4 is 11.9 Å². The van der Waals surface area contributed by atoms with Crippen LogP contribution in [0.5, 0.6) is 0 Å². The smallest absolute Gasteiger partial charge is 0.303 e. The maximum Gasteiger partial charge on any atom is 0.303 e. The van der Waals surface area contributed by atoms with E-state index in [0.717, 1.165) is 72.6 Å². The molecule has 4 aromatic carbocycles. The predicted octanol–water partition coefficient (Wildman–Crippen LogP) is 6.33. The first-order valence-corrected chi connectivity index (χ1v) is 18.0. The summed E-state index contributed by atoms with van der Waals surface area (Å²) in [5, 5.41) is 21.4. The summed E-state index contributed by atoms with van der Waals surface area (Å²) in [5.74, 6) is -0.952. The Morgan fingerprint density at radius 3 is 2.14 bits per heavy atom. The molecule has 1 amide bonds. The Hall–Kier alpha value is -4.38. The van der Waals surface area contributed by atoms with Gasteiger partial charge in [0, 0.05) is 70.1 Å². The number of amides is 1. The van der Waals surface area contributed by atoms with Crippen molar-refractivity contribution in [3.05, 3.63) is 131 Å². The van der Waals surface area contributed by atoms with Gasteiger partial charge in [-0.1, -0.05) is 110 Å². The summed E-state index contributed by atoms with van der Waals surface area (Å²) in [7, 11) is 0. The summed E-state index contributed by atoms with van der Waals surface area (Å²) in [4.78, 5) is 28.2. The van der Waals surface area contributed by atoms with E-state index in [9.17, 15) is 14.7 Å². The number of carbonyl (C=O) groups is 2. The summed E-state index contributed by atoms with van der Waals surface area (Å²) in [6.07, 6.45) is -0.307. The summed E-state index contributed by atoms with van der Waals surface area (Å²) in [6.45, 7) is 8.35. The van der Waals surface area contributed by atoms with Crippen LogP contribution < -0.4 is 5.32 Å². The molecule has 6 rings (SSSR count). The molecule has 9 heteroatoms. The molecule has 2 aliphatic heterocycles. The van der Waals surface area contributed by atoms with Crippen LogP contribution in [0.3, 0.4) is 0 Å². The largest absolute Gasteiger partial charge is 0.481 e. The van der Waals surface area contributed by atoms with Gasteiger partial charge in [0.25, 0.3) is 0 Å². The van der Waals surface area contributed by atoms with Gasteiger partial charge in [0.2, 0.25) is 5.91 Å². The number of rotatable bonds is 14. The molecule has 0 saturated carbocycles. The zero-order chi connectivity index (χ0) is 35.6. The normalized spacial score (nSPS) is 21.3. The number of ether oxygens (including phenoxy) is 2. The average Bonchev–Trinajstić information content (AvgIpc) is 3.16. The summed E-state index contributed by atoms with van der Waals surface area (Å²) in [5.41, 5.74) is 7.22. The van der Waals surface area contributed by atoms with Crippen molar-refractivity contribution in [1.29, 1.82) is 0 Å². The van der Waals surface area contributed by atoms with Crippen LogP contribution in [0.25, 0.3) is 11.1 Å². The lowest BCUT2D eigenvalue weighted by atomic mass is 9.89.